The Balaban J connectivity index is 2.09. The van der Waals surface area contributed by atoms with Crippen molar-refractivity contribution < 1.29 is 18.0 Å². The van der Waals surface area contributed by atoms with Gasteiger partial charge in [-0.25, -0.2) is 8.42 Å². The number of rotatable bonds is 14. The molecule has 0 N–H and O–H groups in total. The Hall–Kier alpha value is -2.27. The van der Waals surface area contributed by atoms with E-state index in [1.807, 2.05) is 18.2 Å². The van der Waals surface area contributed by atoms with Gasteiger partial charge in [0.25, 0.3) is 0 Å². The highest BCUT2D eigenvalue weighted by atomic mass is 32.2. The highest BCUT2D eigenvalue weighted by molar-refractivity contribution is 7.92. The number of ketones is 2. The Labute approximate surface area is 180 Å². The fraction of sp³-hybridized carbons (Fsp3) is 0.440. The van der Waals surface area contributed by atoms with Crippen LogP contribution in [0.2, 0.25) is 0 Å². The molecule has 4 nitrogen and oxygen atoms in total. The van der Waals surface area contributed by atoms with Crippen LogP contribution in [0.5, 0.6) is 0 Å². The summed E-state index contributed by atoms with van der Waals surface area (Å²) in [6, 6.07) is 17.0. The van der Waals surface area contributed by atoms with E-state index in [0.29, 0.717) is 6.42 Å². The summed E-state index contributed by atoms with van der Waals surface area (Å²) >= 11 is 0. The Morgan fingerprint density at radius 2 is 1.37 bits per heavy atom. The molecule has 0 saturated carbocycles. The summed E-state index contributed by atoms with van der Waals surface area (Å²) in [5, 5.41) is -1.34. The third kappa shape index (κ3) is 7.52. The van der Waals surface area contributed by atoms with Gasteiger partial charge in [-0.05, 0) is 24.1 Å². The molecule has 162 valence electrons. The van der Waals surface area contributed by atoms with E-state index in [1.165, 1.54) is 25.0 Å². The Morgan fingerprint density at radius 3 is 2.00 bits per heavy atom. The van der Waals surface area contributed by atoms with Crippen LogP contribution in [0.15, 0.2) is 65.6 Å². The van der Waals surface area contributed by atoms with Gasteiger partial charge < -0.3 is 0 Å². The van der Waals surface area contributed by atoms with E-state index in [4.69, 9.17) is 0 Å². The first-order chi connectivity index (χ1) is 14.4. The third-order valence-corrected chi connectivity index (χ3v) is 7.36. The molecule has 0 radical (unpaired) electrons. The molecule has 2 aromatic rings. The van der Waals surface area contributed by atoms with Crippen LogP contribution in [-0.2, 0) is 25.8 Å². The standard InChI is InChI=1S/C25H32O4S/c1-2-3-4-5-6-11-16-22(26)20-25(24(27)19-21-14-9-7-10-15-21)30(28,29)23-17-12-8-13-18-23/h7-10,12-15,17-18,25H,2-6,11,16,19-20H2,1H3. The molecule has 0 heterocycles. The van der Waals surface area contributed by atoms with E-state index in [2.05, 4.69) is 6.92 Å². The van der Waals surface area contributed by atoms with Crippen molar-refractivity contribution in [2.24, 2.45) is 0 Å². The average molecular weight is 429 g/mol. The number of sulfone groups is 1. The van der Waals surface area contributed by atoms with Crippen molar-refractivity contribution in [3.05, 3.63) is 66.2 Å². The van der Waals surface area contributed by atoms with Crippen LogP contribution in [0, 0.1) is 0 Å². The van der Waals surface area contributed by atoms with Gasteiger partial charge in [-0.2, -0.15) is 0 Å². The van der Waals surface area contributed by atoms with Gasteiger partial charge >= 0.3 is 0 Å². The van der Waals surface area contributed by atoms with Gasteiger partial charge in [0.1, 0.15) is 11.0 Å². The second-order valence-corrected chi connectivity index (χ2v) is 9.87. The van der Waals surface area contributed by atoms with E-state index in [1.54, 1.807) is 30.3 Å². The molecule has 0 spiro atoms. The van der Waals surface area contributed by atoms with Crippen LogP contribution in [0.3, 0.4) is 0 Å². The molecule has 0 saturated heterocycles. The Kier molecular flexibility index (Phi) is 9.95. The van der Waals surface area contributed by atoms with Crippen LogP contribution in [0.4, 0.5) is 0 Å². The zero-order valence-corrected chi connectivity index (χ0v) is 18.6. The normalized spacial score (nSPS) is 12.4. The number of unbranched alkanes of at least 4 members (excludes halogenated alkanes) is 5. The van der Waals surface area contributed by atoms with Crippen LogP contribution in [-0.4, -0.2) is 25.2 Å². The SMILES string of the molecule is CCCCCCCCC(=O)CC(C(=O)Cc1ccccc1)S(=O)(=O)c1ccccc1. The summed E-state index contributed by atoms with van der Waals surface area (Å²) in [5.74, 6) is -0.585. The summed E-state index contributed by atoms with van der Waals surface area (Å²) in [5.41, 5.74) is 0.749. The number of carbonyl (C=O) groups is 2. The van der Waals surface area contributed by atoms with Crippen molar-refractivity contribution in [2.45, 2.75) is 74.9 Å². The number of hydrogen-bond acceptors (Lipinski definition) is 4. The van der Waals surface area contributed by atoms with Gasteiger partial charge in [0.15, 0.2) is 15.6 Å². The smallest absolute Gasteiger partial charge is 0.188 e. The number of carbonyl (C=O) groups excluding carboxylic acids is 2. The largest absolute Gasteiger partial charge is 0.300 e. The molecular formula is C25H32O4S. The number of hydrogen-bond donors (Lipinski definition) is 0. The lowest BCUT2D eigenvalue weighted by Gasteiger charge is -2.16. The lowest BCUT2D eigenvalue weighted by molar-refractivity contribution is -0.123. The number of benzene rings is 2. The van der Waals surface area contributed by atoms with E-state index in [9.17, 15) is 18.0 Å². The maximum atomic E-state index is 13.2. The fourth-order valence-corrected chi connectivity index (χ4v) is 5.19. The van der Waals surface area contributed by atoms with Crippen molar-refractivity contribution in [3.63, 3.8) is 0 Å². The summed E-state index contributed by atoms with van der Waals surface area (Å²) < 4.78 is 26.3. The molecule has 0 aromatic heterocycles. The molecular weight excluding hydrogens is 396 g/mol. The quantitative estimate of drug-likeness (QED) is 0.380. The summed E-state index contributed by atoms with van der Waals surface area (Å²) in [7, 11) is -3.93. The van der Waals surface area contributed by atoms with Crippen LogP contribution in [0.1, 0.15) is 63.9 Å². The monoisotopic (exact) mass is 428 g/mol. The van der Waals surface area contributed by atoms with Gasteiger partial charge in [0, 0.05) is 19.3 Å². The average Bonchev–Trinajstić information content (AvgIpc) is 2.75. The summed E-state index contributed by atoms with van der Waals surface area (Å²) in [6.07, 6.45) is 6.38. The Morgan fingerprint density at radius 1 is 0.800 bits per heavy atom. The van der Waals surface area contributed by atoms with Crippen molar-refractivity contribution >= 4 is 21.4 Å². The van der Waals surface area contributed by atoms with E-state index >= 15 is 0 Å². The van der Waals surface area contributed by atoms with Crippen molar-refractivity contribution in [3.8, 4) is 0 Å². The minimum atomic E-state index is -3.93. The third-order valence-electron chi connectivity index (χ3n) is 5.25. The fourth-order valence-electron chi connectivity index (χ4n) is 3.49. The maximum absolute atomic E-state index is 13.2. The van der Waals surface area contributed by atoms with Crippen molar-refractivity contribution in [1.29, 1.82) is 0 Å². The second-order valence-electron chi connectivity index (χ2n) is 7.74. The van der Waals surface area contributed by atoms with Gasteiger partial charge in [-0.1, -0.05) is 87.6 Å². The molecule has 0 aliphatic rings. The predicted octanol–water partition coefficient (Wildman–Crippen LogP) is 5.35. The lowest BCUT2D eigenvalue weighted by Crippen LogP contribution is -2.34. The second kappa shape index (κ2) is 12.4. The molecule has 0 aliphatic heterocycles. The van der Waals surface area contributed by atoms with Crippen molar-refractivity contribution in [1.82, 2.24) is 0 Å². The lowest BCUT2D eigenvalue weighted by atomic mass is 10.0. The molecule has 1 unspecified atom stereocenters. The molecule has 2 rings (SSSR count). The van der Waals surface area contributed by atoms with Gasteiger partial charge in [0.05, 0.1) is 4.90 Å². The minimum absolute atomic E-state index is 0.00185. The first-order valence-electron chi connectivity index (χ1n) is 10.8. The van der Waals surface area contributed by atoms with Crippen LogP contribution < -0.4 is 0 Å². The highest BCUT2D eigenvalue weighted by Gasteiger charge is 2.35. The zero-order valence-electron chi connectivity index (χ0n) is 17.8. The molecule has 0 aliphatic carbocycles. The summed E-state index contributed by atoms with van der Waals surface area (Å²) in [6.45, 7) is 2.16. The Bertz CT molecular complexity index is 889. The van der Waals surface area contributed by atoms with E-state index < -0.39 is 20.9 Å². The van der Waals surface area contributed by atoms with Gasteiger partial charge in [-0.15, -0.1) is 0 Å². The highest BCUT2D eigenvalue weighted by Crippen LogP contribution is 2.22. The van der Waals surface area contributed by atoms with Gasteiger partial charge in [0.2, 0.25) is 0 Å². The minimum Gasteiger partial charge on any atom is -0.300 e. The van der Waals surface area contributed by atoms with Crippen LogP contribution in [0.25, 0.3) is 0 Å². The molecule has 5 heteroatoms. The zero-order chi connectivity index (χ0) is 21.8. The first-order valence-corrected chi connectivity index (χ1v) is 12.4. The number of Topliss-reactive ketones (excluding diaryl/α,β-unsaturated/α-hetero) is 2. The molecule has 0 bridgehead atoms. The predicted molar refractivity (Wildman–Crippen MR) is 120 cm³/mol. The molecule has 0 fully saturated rings. The molecule has 1 atom stereocenters. The molecule has 30 heavy (non-hydrogen) atoms. The molecule has 2 aromatic carbocycles. The maximum Gasteiger partial charge on any atom is 0.188 e. The topological polar surface area (TPSA) is 68.3 Å². The summed E-state index contributed by atoms with van der Waals surface area (Å²) in [4.78, 5) is 25.6. The molecule has 0 amide bonds. The van der Waals surface area contributed by atoms with E-state index in [-0.39, 0.29) is 23.5 Å². The van der Waals surface area contributed by atoms with Crippen LogP contribution >= 0.6 is 0 Å². The first kappa shape index (κ1) is 24.0. The van der Waals surface area contributed by atoms with Crippen molar-refractivity contribution in [2.75, 3.05) is 0 Å². The van der Waals surface area contributed by atoms with E-state index in [0.717, 1.165) is 31.2 Å². The van der Waals surface area contributed by atoms with Gasteiger partial charge in [-0.3, -0.25) is 9.59 Å².